The molecule has 1 aromatic carbocycles. The molecular weight excluding hydrogens is 381 g/mol. The third-order valence-corrected chi connectivity index (χ3v) is 7.11. The van der Waals surface area contributed by atoms with Crippen LogP contribution < -0.4 is 0 Å². The normalized spacial score (nSPS) is 27.5. The van der Waals surface area contributed by atoms with E-state index in [2.05, 4.69) is 0 Å². The van der Waals surface area contributed by atoms with Crippen molar-refractivity contribution in [3.8, 4) is 0 Å². The van der Waals surface area contributed by atoms with Crippen molar-refractivity contribution in [2.24, 2.45) is 5.92 Å². The third-order valence-electron chi connectivity index (χ3n) is 7.11. The number of amides is 1. The Hall–Kier alpha value is -1.60. The summed E-state index contributed by atoms with van der Waals surface area (Å²) in [4.78, 5) is 16.5. The fourth-order valence-corrected chi connectivity index (χ4v) is 5.75. The number of nitrogens with zero attached hydrogens (tertiary/aromatic N) is 2. The minimum absolute atomic E-state index is 0.0580. The van der Waals surface area contributed by atoms with Crippen LogP contribution in [0.5, 0.6) is 0 Å². The second kappa shape index (κ2) is 7.91. The van der Waals surface area contributed by atoms with Gasteiger partial charge in [0.05, 0.1) is 18.6 Å². The molecule has 7 heteroatoms. The van der Waals surface area contributed by atoms with Gasteiger partial charge in [0.25, 0.3) is 0 Å². The second-order valence-electron chi connectivity index (χ2n) is 8.83. The Morgan fingerprint density at radius 3 is 2.34 bits per heavy atom. The largest absolute Gasteiger partial charge is 0.395 e. The van der Waals surface area contributed by atoms with Crippen molar-refractivity contribution < 1.29 is 23.1 Å². The van der Waals surface area contributed by atoms with E-state index < -0.39 is 18.1 Å². The summed E-state index contributed by atoms with van der Waals surface area (Å²) in [6.45, 7) is 0.589. The number of halogens is 3. The molecular formula is C22H29F3N2O2. The van der Waals surface area contributed by atoms with Gasteiger partial charge in [0.1, 0.15) is 0 Å². The van der Waals surface area contributed by atoms with Crippen LogP contribution in [0.25, 0.3) is 0 Å². The number of likely N-dealkylation sites (tertiary alicyclic amines) is 2. The molecule has 1 aromatic rings. The highest BCUT2D eigenvalue weighted by Gasteiger charge is 2.66. The first-order valence-electron chi connectivity index (χ1n) is 10.6. The number of rotatable bonds is 5. The van der Waals surface area contributed by atoms with Crippen LogP contribution in [0.15, 0.2) is 30.3 Å². The number of alkyl halides is 3. The number of aliphatic hydroxyl groups is 1. The Balaban J connectivity index is 1.52. The standard InChI is InChI=1S/C22H29F3N2O2/c23-22(24,25)11-12-27-18(13-28)19(16-7-3-1-4-8-16)21(27)14-26(15-21)20(29)17-9-5-2-6-10-17/h1,3-4,7-8,17-19,28H,2,5-6,9-15H2/t18-,19+/m1/s1. The Bertz CT molecular complexity index is 713. The molecule has 1 N–H and O–H groups in total. The zero-order valence-electron chi connectivity index (χ0n) is 16.6. The van der Waals surface area contributed by atoms with Gasteiger partial charge in [0.15, 0.2) is 0 Å². The lowest BCUT2D eigenvalue weighted by Gasteiger charge is -2.71. The van der Waals surface area contributed by atoms with Crippen LogP contribution in [-0.2, 0) is 4.79 Å². The molecule has 1 saturated carbocycles. The van der Waals surface area contributed by atoms with Crippen LogP contribution in [-0.4, -0.2) is 64.8 Å². The van der Waals surface area contributed by atoms with Crippen LogP contribution >= 0.6 is 0 Å². The summed E-state index contributed by atoms with van der Waals surface area (Å²) in [6, 6.07) is 9.35. The van der Waals surface area contributed by atoms with Crippen molar-refractivity contribution in [2.75, 3.05) is 26.2 Å². The molecule has 0 aromatic heterocycles. The number of carbonyl (C=O) groups excluding carboxylic acids is 1. The van der Waals surface area contributed by atoms with Gasteiger partial charge in [-0.05, 0) is 18.4 Å². The van der Waals surface area contributed by atoms with Crippen molar-refractivity contribution in [3.05, 3.63) is 35.9 Å². The van der Waals surface area contributed by atoms with Crippen molar-refractivity contribution in [1.82, 2.24) is 9.80 Å². The minimum atomic E-state index is -4.24. The highest BCUT2D eigenvalue weighted by Crippen LogP contribution is 2.54. The molecule has 1 amide bonds. The van der Waals surface area contributed by atoms with E-state index in [1.54, 1.807) is 0 Å². The van der Waals surface area contributed by atoms with Gasteiger partial charge in [-0.15, -0.1) is 0 Å². The van der Waals surface area contributed by atoms with Crippen molar-refractivity contribution in [1.29, 1.82) is 0 Å². The SMILES string of the molecule is O=C(C1CCCCC1)N1CC2(C1)[C@@H](c1ccccc1)[C@@H](CO)N2CCC(F)(F)F. The molecule has 3 fully saturated rings. The van der Waals surface area contributed by atoms with E-state index in [-0.39, 0.29) is 36.9 Å². The fourth-order valence-electron chi connectivity index (χ4n) is 5.75. The summed E-state index contributed by atoms with van der Waals surface area (Å²) in [5, 5.41) is 9.94. The smallest absolute Gasteiger partial charge is 0.390 e. The zero-order chi connectivity index (χ0) is 20.6. The quantitative estimate of drug-likeness (QED) is 0.807. The van der Waals surface area contributed by atoms with Crippen LogP contribution in [0, 0.1) is 5.92 Å². The molecule has 160 valence electrons. The Morgan fingerprint density at radius 1 is 1.10 bits per heavy atom. The molecule has 0 unspecified atom stereocenters. The average Bonchev–Trinajstić information content (AvgIpc) is 2.66. The lowest BCUT2D eigenvalue weighted by atomic mass is 9.60. The summed E-state index contributed by atoms with van der Waals surface area (Å²) in [7, 11) is 0. The van der Waals surface area contributed by atoms with Gasteiger partial charge in [0.2, 0.25) is 5.91 Å². The first kappa shape index (κ1) is 20.7. The molecule has 1 spiro atoms. The second-order valence-corrected chi connectivity index (χ2v) is 8.83. The molecule has 2 heterocycles. The maximum absolute atomic E-state index is 12.9. The van der Waals surface area contributed by atoms with Crippen molar-refractivity contribution >= 4 is 5.91 Å². The van der Waals surface area contributed by atoms with E-state index in [4.69, 9.17) is 0 Å². The van der Waals surface area contributed by atoms with Crippen molar-refractivity contribution in [3.63, 3.8) is 0 Å². The predicted octanol–water partition coefficient (Wildman–Crippen LogP) is 3.56. The third kappa shape index (κ3) is 3.79. The van der Waals surface area contributed by atoms with E-state index in [0.717, 1.165) is 31.2 Å². The molecule has 4 rings (SSSR count). The van der Waals surface area contributed by atoms with E-state index >= 15 is 0 Å². The predicted molar refractivity (Wildman–Crippen MR) is 103 cm³/mol. The monoisotopic (exact) mass is 410 g/mol. The number of hydrogen-bond donors (Lipinski definition) is 1. The molecule has 2 saturated heterocycles. The van der Waals surface area contributed by atoms with Crippen molar-refractivity contribution in [2.45, 2.75) is 62.2 Å². The van der Waals surface area contributed by atoms with Gasteiger partial charge >= 0.3 is 6.18 Å². The summed E-state index contributed by atoms with van der Waals surface area (Å²) in [5.41, 5.74) is 0.532. The lowest BCUT2D eigenvalue weighted by molar-refractivity contribution is -0.211. The molecule has 0 bridgehead atoms. The van der Waals surface area contributed by atoms with Crippen LogP contribution in [0.2, 0.25) is 0 Å². The maximum atomic E-state index is 12.9. The molecule has 4 nitrogen and oxygen atoms in total. The van der Waals surface area contributed by atoms with Gasteiger partial charge in [-0.2, -0.15) is 13.2 Å². The number of aliphatic hydroxyl groups excluding tert-OH is 1. The molecule has 0 radical (unpaired) electrons. The van der Waals surface area contributed by atoms with Crippen LogP contribution in [0.1, 0.15) is 50.0 Å². The summed E-state index contributed by atoms with van der Waals surface area (Å²) < 4.78 is 38.7. The lowest BCUT2D eigenvalue weighted by Crippen LogP contribution is -2.85. The number of benzene rings is 1. The summed E-state index contributed by atoms with van der Waals surface area (Å²) in [5.74, 6) is 0.163. The number of hydrogen-bond acceptors (Lipinski definition) is 3. The van der Waals surface area contributed by atoms with Crippen LogP contribution in [0.4, 0.5) is 13.2 Å². The first-order chi connectivity index (χ1) is 13.9. The highest BCUT2D eigenvalue weighted by atomic mass is 19.4. The molecule has 3 aliphatic rings. The van der Waals surface area contributed by atoms with E-state index in [0.29, 0.717) is 13.1 Å². The Kier molecular flexibility index (Phi) is 5.64. The first-order valence-corrected chi connectivity index (χ1v) is 10.6. The van der Waals surface area contributed by atoms with E-state index in [1.165, 1.54) is 6.42 Å². The highest BCUT2D eigenvalue weighted by molar-refractivity contribution is 5.80. The van der Waals surface area contributed by atoms with Gasteiger partial charge in [0, 0.05) is 37.5 Å². The van der Waals surface area contributed by atoms with E-state index in [1.807, 2.05) is 40.1 Å². The summed E-state index contributed by atoms with van der Waals surface area (Å²) in [6.07, 6.45) is 0.0263. The van der Waals surface area contributed by atoms with Gasteiger partial charge in [-0.3, -0.25) is 9.69 Å². The van der Waals surface area contributed by atoms with Gasteiger partial charge < -0.3 is 10.0 Å². The topological polar surface area (TPSA) is 43.8 Å². The molecule has 1 aliphatic carbocycles. The summed E-state index contributed by atoms with van der Waals surface area (Å²) >= 11 is 0. The number of carbonyl (C=O) groups is 1. The van der Waals surface area contributed by atoms with Crippen LogP contribution in [0.3, 0.4) is 0 Å². The zero-order valence-corrected chi connectivity index (χ0v) is 16.6. The van der Waals surface area contributed by atoms with Gasteiger partial charge in [-0.25, -0.2) is 0 Å². The van der Waals surface area contributed by atoms with E-state index in [9.17, 15) is 23.1 Å². The Labute approximate surface area is 169 Å². The fraction of sp³-hybridized carbons (Fsp3) is 0.682. The average molecular weight is 410 g/mol. The van der Waals surface area contributed by atoms with Gasteiger partial charge in [-0.1, -0.05) is 49.6 Å². The molecule has 2 aliphatic heterocycles. The molecule has 2 atom stereocenters. The Morgan fingerprint density at radius 2 is 1.76 bits per heavy atom. The maximum Gasteiger partial charge on any atom is 0.390 e. The molecule has 29 heavy (non-hydrogen) atoms. The minimum Gasteiger partial charge on any atom is -0.395 e.